The van der Waals surface area contributed by atoms with E-state index in [0.717, 1.165) is 37.3 Å². The molecule has 5 nitrogen and oxygen atoms in total. The van der Waals surface area contributed by atoms with Gasteiger partial charge in [-0.05, 0) is 57.0 Å². The highest BCUT2D eigenvalue weighted by Gasteiger charge is 2.38. The molecule has 7 heteroatoms. The van der Waals surface area contributed by atoms with Crippen molar-refractivity contribution in [1.29, 1.82) is 0 Å². The molecule has 0 radical (unpaired) electrons. The fraction of sp³-hybridized carbons (Fsp3) is 0.474. The second-order valence-electron chi connectivity index (χ2n) is 7.35. The Morgan fingerprint density at radius 1 is 1.19 bits per heavy atom. The molecule has 0 saturated carbocycles. The number of fused-ring (bicyclic) bond motifs is 1. The van der Waals surface area contributed by atoms with Gasteiger partial charge < -0.3 is 9.80 Å². The van der Waals surface area contributed by atoms with Crippen LogP contribution in [0.3, 0.4) is 0 Å². The molecule has 0 spiro atoms. The van der Waals surface area contributed by atoms with Gasteiger partial charge in [-0.3, -0.25) is 4.79 Å². The van der Waals surface area contributed by atoms with Crippen LogP contribution in [0.4, 0.5) is 5.69 Å². The summed E-state index contributed by atoms with van der Waals surface area (Å²) in [6.07, 6.45) is 4.06. The van der Waals surface area contributed by atoms with Crippen LogP contribution in [0.5, 0.6) is 0 Å². The van der Waals surface area contributed by atoms with Gasteiger partial charge in [0.1, 0.15) is 5.02 Å². The molecule has 2 atom stereocenters. The minimum Gasteiger partial charge on any atom is -0.364 e. The van der Waals surface area contributed by atoms with Crippen molar-refractivity contribution in [3.05, 3.63) is 50.4 Å². The molecule has 0 N–H and O–H groups in total. The molecular formula is C19H22Cl2N4O. The van der Waals surface area contributed by atoms with Crippen molar-refractivity contribution >= 4 is 28.9 Å². The Balaban J connectivity index is 1.70. The van der Waals surface area contributed by atoms with Crippen LogP contribution < -0.4 is 10.5 Å². The van der Waals surface area contributed by atoms with E-state index in [2.05, 4.69) is 21.9 Å². The molecule has 138 valence electrons. The molecule has 2 aliphatic rings. The molecule has 1 aromatic heterocycles. The van der Waals surface area contributed by atoms with Crippen molar-refractivity contribution in [1.82, 2.24) is 14.7 Å². The van der Waals surface area contributed by atoms with Crippen molar-refractivity contribution in [3.8, 4) is 5.69 Å². The SMILES string of the molecule is Cc1ccc(-n2ncc(N3CC[C@H]4CCN(C)C[C@@H]43)c(Cl)c2=O)cc1Cl. The predicted molar refractivity (Wildman–Crippen MR) is 106 cm³/mol. The summed E-state index contributed by atoms with van der Waals surface area (Å²) in [4.78, 5) is 17.5. The maximum Gasteiger partial charge on any atom is 0.292 e. The Kier molecular flexibility index (Phi) is 4.71. The number of hydrogen-bond donors (Lipinski definition) is 0. The van der Waals surface area contributed by atoms with E-state index in [1.54, 1.807) is 12.3 Å². The van der Waals surface area contributed by atoms with Crippen LogP contribution in [0.25, 0.3) is 5.69 Å². The second kappa shape index (κ2) is 6.87. The molecule has 0 unspecified atom stereocenters. The van der Waals surface area contributed by atoms with Gasteiger partial charge in [0.15, 0.2) is 0 Å². The lowest BCUT2D eigenvalue weighted by Gasteiger charge is -2.37. The number of piperidine rings is 1. The van der Waals surface area contributed by atoms with E-state index in [1.165, 1.54) is 11.1 Å². The zero-order valence-corrected chi connectivity index (χ0v) is 16.5. The number of benzene rings is 1. The van der Waals surface area contributed by atoms with E-state index in [9.17, 15) is 4.79 Å². The van der Waals surface area contributed by atoms with Gasteiger partial charge in [-0.2, -0.15) is 9.78 Å². The lowest BCUT2D eigenvalue weighted by Crippen LogP contribution is -2.47. The third-order valence-electron chi connectivity index (χ3n) is 5.68. The van der Waals surface area contributed by atoms with Gasteiger partial charge in [0.25, 0.3) is 5.56 Å². The molecule has 1 aromatic carbocycles. The van der Waals surface area contributed by atoms with Crippen molar-refractivity contribution in [2.75, 3.05) is 31.6 Å². The fourth-order valence-electron chi connectivity index (χ4n) is 4.12. The minimum atomic E-state index is -0.309. The average molecular weight is 393 g/mol. The average Bonchev–Trinajstić information content (AvgIpc) is 3.03. The predicted octanol–water partition coefficient (Wildman–Crippen LogP) is 3.38. The minimum absolute atomic E-state index is 0.227. The first-order valence-electron chi connectivity index (χ1n) is 8.95. The lowest BCUT2D eigenvalue weighted by atomic mass is 9.92. The first-order chi connectivity index (χ1) is 12.5. The lowest BCUT2D eigenvalue weighted by molar-refractivity contribution is 0.208. The topological polar surface area (TPSA) is 41.4 Å². The first-order valence-corrected chi connectivity index (χ1v) is 9.71. The van der Waals surface area contributed by atoms with Crippen LogP contribution in [0, 0.1) is 12.8 Å². The molecule has 2 aliphatic heterocycles. The van der Waals surface area contributed by atoms with E-state index in [1.807, 2.05) is 19.1 Å². The van der Waals surface area contributed by atoms with Gasteiger partial charge >= 0.3 is 0 Å². The molecule has 2 saturated heterocycles. The van der Waals surface area contributed by atoms with Gasteiger partial charge in [-0.1, -0.05) is 29.3 Å². The number of likely N-dealkylation sites (N-methyl/N-ethyl adjacent to an activating group) is 1. The van der Waals surface area contributed by atoms with E-state index in [-0.39, 0.29) is 10.6 Å². The van der Waals surface area contributed by atoms with Crippen molar-refractivity contribution in [2.24, 2.45) is 5.92 Å². The maximum atomic E-state index is 12.9. The Morgan fingerprint density at radius 3 is 2.73 bits per heavy atom. The van der Waals surface area contributed by atoms with Crippen LogP contribution in [0.1, 0.15) is 18.4 Å². The molecule has 0 aliphatic carbocycles. The second-order valence-corrected chi connectivity index (χ2v) is 8.14. The third kappa shape index (κ3) is 3.02. The molecule has 2 aromatic rings. The van der Waals surface area contributed by atoms with Crippen LogP contribution in [0.15, 0.2) is 29.2 Å². The van der Waals surface area contributed by atoms with Gasteiger partial charge in [0, 0.05) is 24.2 Å². The number of halogens is 2. The van der Waals surface area contributed by atoms with Crippen LogP contribution in [-0.2, 0) is 0 Å². The van der Waals surface area contributed by atoms with Crippen LogP contribution in [-0.4, -0.2) is 47.4 Å². The van der Waals surface area contributed by atoms with E-state index < -0.39 is 0 Å². The summed E-state index contributed by atoms with van der Waals surface area (Å²) >= 11 is 12.7. The highest BCUT2D eigenvalue weighted by atomic mass is 35.5. The molecule has 2 fully saturated rings. The standard InChI is InChI=1S/C19H22Cl2N4O/c1-12-3-4-14(9-15(12)20)25-19(26)18(21)16(10-22-25)24-8-6-13-5-7-23(2)11-17(13)24/h3-4,9-10,13,17H,5-8,11H2,1-2H3/t13-,17+/m1/s1. The van der Waals surface area contributed by atoms with Crippen LogP contribution in [0.2, 0.25) is 10.0 Å². The molecular weight excluding hydrogens is 371 g/mol. The van der Waals surface area contributed by atoms with Crippen LogP contribution >= 0.6 is 23.2 Å². The van der Waals surface area contributed by atoms with E-state index >= 15 is 0 Å². The highest BCUT2D eigenvalue weighted by Crippen LogP contribution is 2.36. The molecule has 3 heterocycles. The quantitative estimate of drug-likeness (QED) is 0.785. The number of nitrogens with zero attached hydrogens (tertiary/aromatic N) is 4. The van der Waals surface area contributed by atoms with E-state index in [4.69, 9.17) is 23.2 Å². The van der Waals surface area contributed by atoms with E-state index in [0.29, 0.717) is 22.7 Å². The Bertz CT molecular complexity index is 898. The van der Waals surface area contributed by atoms with Gasteiger partial charge in [-0.15, -0.1) is 0 Å². The number of likely N-dealkylation sites (tertiary alicyclic amines) is 1. The summed E-state index contributed by atoms with van der Waals surface area (Å²) in [7, 11) is 2.14. The normalized spacial score (nSPS) is 23.3. The van der Waals surface area contributed by atoms with Crippen molar-refractivity contribution < 1.29 is 0 Å². The van der Waals surface area contributed by atoms with Crippen molar-refractivity contribution in [3.63, 3.8) is 0 Å². The number of aromatic nitrogens is 2. The Labute approximate surface area is 163 Å². The number of anilines is 1. The summed E-state index contributed by atoms with van der Waals surface area (Å²) in [5, 5.41) is 5.22. The molecule has 0 bridgehead atoms. The van der Waals surface area contributed by atoms with Crippen molar-refractivity contribution in [2.45, 2.75) is 25.8 Å². The first kappa shape index (κ1) is 17.8. The van der Waals surface area contributed by atoms with Gasteiger partial charge in [-0.25, -0.2) is 0 Å². The van der Waals surface area contributed by atoms with Gasteiger partial charge in [0.2, 0.25) is 0 Å². The molecule has 0 amide bonds. The summed E-state index contributed by atoms with van der Waals surface area (Å²) in [5.41, 5.74) is 2.01. The monoisotopic (exact) mass is 392 g/mol. The zero-order chi connectivity index (χ0) is 18.4. The highest BCUT2D eigenvalue weighted by molar-refractivity contribution is 6.33. The summed E-state index contributed by atoms with van der Waals surface area (Å²) < 4.78 is 1.32. The number of rotatable bonds is 2. The number of hydrogen-bond acceptors (Lipinski definition) is 4. The summed E-state index contributed by atoms with van der Waals surface area (Å²) in [6.45, 7) is 4.97. The summed E-state index contributed by atoms with van der Waals surface area (Å²) in [6, 6.07) is 5.84. The van der Waals surface area contributed by atoms with Gasteiger partial charge in [0.05, 0.1) is 17.6 Å². The summed E-state index contributed by atoms with van der Waals surface area (Å²) in [5.74, 6) is 0.667. The zero-order valence-electron chi connectivity index (χ0n) is 15.0. The maximum absolute atomic E-state index is 12.9. The number of aryl methyl sites for hydroxylation is 1. The largest absolute Gasteiger partial charge is 0.364 e. The Hall–Kier alpha value is -1.56. The smallest absolute Gasteiger partial charge is 0.292 e. The molecule has 26 heavy (non-hydrogen) atoms. The third-order valence-corrected chi connectivity index (χ3v) is 6.44. The molecule has 4 rings (SSSR count). The fourth-order valence-corrected chi connectivity index (χ4v) is 4.53. The Morgan fingerprint density at radius 2 is 1.96 bits per heavy atom.